The second-order valence-corrected chi connectivity index (χ2v) is 29.9. The maximum atomic E-state index is 13.0. The smallest absolute Gasteiger partial charge is 0.229 e. The summed E-state index contributed by atoms with van der Waals surface area (Å²) in [6, 6.07) is 57.3. The summed E-state index contributed by atoms with van der Waals surface area (Å²) in [6.07, 6.45) is 10.4. The number of benzene rings is 8. The molecule has 576 valence electrons. The lowest BCUT2D eigenvalue weighted by molar-refractivity contribution is -0.116. The number of amides is 4. The van der Waals surface area contributed by atoms with Gasteiger partial charge < -0.3 is 49.3 Å². The molecule has 0 bridgehead atoms. The van der Waals surface area contributed by atoms with Gasteiger partial charge in [0.05, 0.1) is 96.0 Å². The van der Waals surface area contributed by atoms with E-state index in [0.29, 0.717) is 94.0 Å². The minimum Gasteiger partial charge on any atom is -0.508 e. The normalized spacial score (nSPS) is 10.8. The minimum atomic E-state index is -0.326. The second kappa shape index (κ2) is 40.9. The van der Waals surface area contributed by atoms with E-state index in [4.69, 9.17) is 54.5 Å². The van der Waals surface area contributed by atoms with Crippen molar-refractivity contribution in [2.45, 2.75) is 107 Å². The quantitative estimate of drug-likeness (QED) is 0.0254. The second-order valence-electron chi connectivity index (χ2n) is 28.5. The molecule has 8 aromatic carbocycles. The molecule has 24 heteroatoms. The van der Waals surface area contributed by atoms with Crippen LogP contribution in [0.5, 0.6) is 5.75 Å². The minimum absolute atomic E-state index is 0.109. The van der Waals surface area contributed by atoms with Crippen LogP contribution in [0.2, 0.25) is 5.02 Å². The Labute approximate surface area is 666 Å². The van der Waals surface area contributed by atoms with Crippen molar-refractivity contribution in [3.8, 4) is 50.8 Å². The number of hydrogen-bond donors (Lipinski definition) is 9. The number of rotatable bonds is 24. The monoisotopic (exact) mass is 1590 g/mol. The first-order valence-corrected chi connectivity index (χ1v) is 37.9. The van der Waals surface area contributed by atoms with Crippen LogP contribution >= 0.6 is 27.5 Å². The van der Waals surface area contributed by atoms with Gasteiger partial charge in [0.15, 0.2) is 23.3 Å². The average molecular weight is 1590 g/mol. The van der Waals surface area contributed by atoms with E-state index in [1.54, 1.807) is 73.3 Å². The summed E-state index contributed by atoms with van der Waals surface area (Å²) >= 11 is 9.30. The summed E-state index contributed by atoms with van der Waals surface area (Å²) in [5.41, 5.74) is 38.9. The van der Waals surface area contributed by atoms with Gasteiger partial charge in [-0.1, -0.05) is 180 Å². The number of aromatic nitrogens is 8. The lowest BCUT2D eigenvalue weighted by Crippen LogP contribution is -2.18. The molecule has 4 aromatic heterocycles. The molecular weight excluding hydrogens is 1500 g/mol. The largest absolute Gasteiger partial charge is 0.508 e. The van der Waals surface area contributed by atoms with Crippen molar-refractivity contribution in [2.75, 3.05) is 44.2 Å². The molecule has 12 aromatic rings. The predicted molar refractivity (Wildman–Crippen MR) is 451 cm³/mol. The molecule has 0 atom stereocenters. The summed E-state index contributed by atoms with van der Waals surface area (Å²) in [6.45, 7) is 16.8. The topological polar surface area (TPSA) is 344 Å². The summed E-state index contributed by atoms with van der Waals surface area (Å²) in [5.74, 6) is 2.66. The first-order chi connectivity index (χ1) is 53.6. The van der Waals surface area contributed by atoms with E-state index >= 15 is 0 Å². The summed E-state index contributed by atoms with van der Waals surface area (Å²) in [4.78, 5) is 86.6. The molecule has 4 heterocycles. The third-order valence-corrected chi connectivity index (χ3v) is 17.6. The van der Waals surface area contributed by atoms with Crippen LogP contribution in [0.4, 0.5) is 50.4 Å². The maximum absolute atomic E-state index is 13.0. The molecule has 0 aliphatic rings. The van der Waals surface area contributed by atoms with Crippen LogP contribution in [0.15, 0.2) is 223 Å². The van der Waals surface area contributed by atoms with E-state index in [2.05, 4.69) is 113 Å². The van der Waals surface area contributed by atoms with E-state index in [9.17, 15) is 28.7 Å². The van der Waals surface area contributed by atoms with Crippen molar-refractivity contribution >= 4 is 97.2 Å². The van der Waals surface area contributed by atoms with Gasteiger partial charge in [-0.25, -0.2) is 44.3 Å². The number of phenols is 1. The van der Waals surface area contributed by atoms with E-state index < -0.39 is 0 Å². The third kappa shape index (κ3) is 27.1. The molecule has 0 unspecified atom stereocenters. The van der Waals surface area contributed by atoms with Gasteiger partial charge in [-0.3, -0.25) is 19.2 Å². The number of nitrogens with zero attached hydrogens (tertiary/aromatic N) is 8. The molecule has 13 N–H and O–H groups in total. The highest BCUT2D eigenvalue weighted by atomic mass is 79.9. The fourth-order valence-electron chi connectivity index (χ4n) is 11.3. The molecule has 4 amide bonds. The standard InChI is InChI=1S/C22H23BrN4O.C22H23ClN4O.C22H23FN4O.C22H24N4O2/c3*1-14(2)11-19-22(27-21(28)12-15-3-7-17(23)8-4-15)25-13-20(26-19)16-5-9-18(24)10-6-16;1-14(2)11-19-22(26-21(28)12-15-3-9-18(27)10-4-15)24-13-20(25-19)16-5-7-17(23)8-6-16/h3*3-10,13-14H,11-12,24H2,1-2H3,(H,25,27,28);3-10,13-14,27H,11-12,23H2,1-2H3,(H,24,26,28). The van der Waals surface area contributed by atoms with Crippen LogP contribution in [-0.4, -0.2) is 68.6 Å². The Bertz CT molecular complexity index is 4460. The Kier molecular flexibility index (Phi) is 30.6. The van der Waals surface area contributed by atoms with Gasteiger partial charge in [-0.2, -0.15) is 0 Å². The van der Waals surface area contributed by atoms with Crippen molar-refractivity contribution < 1.29 is 28.7 Å². The predicted octanol–water partition coefficient (Wildman–Crippen LogP) is 17.7. The van der Waals surface area contributed by atoms with Crippen molar-refractivity contribution in [1.29, 1.82) is 0 Å². The molecule has 0 spiro atoms. The van der Waals surface area contributed by atoms with E-state index in [0.717, 1.165) is 101 Å². The van der Waals surface area contributed by atoms with Gasteiger partial charge in [-0.15, -0.1) is 0 Å². The zero-order chi connectivity index (χ0) is 80.4. The number of anilines is 8. The molecule has 0 fully saturated rings. The molecule has 0 radical (unpaired) electrons. The van der Waals surface area contributed by atoms with Gasteiger partial charge in [0.25, 0.3) is 0 Å². The molecule has 12 rings (SSSR count). The van der Waals surface area contributed by atoms with Crippen LogP contribution in [0.1, 0.15) is 100 Å². The number of nitrogens with two attached hydrogens (primary N) is 4. The van der Waals surface area contributed by atoms with Crippen LogP contribution in [0, 0.1) is 29.5 Å². The van der Waals surface area contributed by atoms with Gasteiger partial charge >= 0.3 is 0 Å². The van der Waals surface area contributed by atoms with E-state index in [1.165, 1.54) is 12.1 Å². The number of halogens is 3. The molecule has 0 saturated heterocycles. The Morgan fingerprint density at radius 1 is 0.357 bits per heavy atom. The lowest BCUT2D eigenvalue weighted by Gasteiger charge is -2.13. The zero-order valence-corrected chi connectivity index (χ0v) is 66.2. The highest BCUT2D eigenvalue weighted by Crippen LogP contribution is 2.29. The number of nitrogens with one attached hydrogen (secondary N) is 4. The fourth-order valence-corrected chi connectivity index (χ4v) is 11.7. The highest BCUT2D eigenvalue weighted by Gasteiger charge is 2.20. The van der Waals surface area contributed by atoms with Crippen molar-refractivity contribution in [2.24, 2.45) is 23.7 Å². The fraction of sp³-hybridized carbons (Fsp3) is 0.227. The van der Waals surface area contributed by atoms with Crippen molar-refractivity contribution in [1.82, 2.24) is 39.9 Å². The lowest BCUT2D eigenvalue weighted by atomic mass is 10.1. The molecule has 112 heavy (non-hydrogen) atoms. The summed E-state index contributed by atoms with van der Waals surface area (Å²) < 4.78 is 14.0. The summed E-state index contributed by atoms with van der Waals surface area (Å²) in [7, 11) is 0. The average Bonchev–Trinajstić information content (AvgIpc) is 0.837. The first kappa shape index (κ1) is 83.7. The first-order valence-electron chi connectivity index (χ1n) is 36.7. The molecule has 21 nitrogen and oxygen atoms in total. The zero-order valence-electron chi connectivity index (χ0n) is 63.9. The number of phenolic OH excluding ortho intramolecular Hbond substituents is 1. The third-order valence-electron chi connectivity index (χ3n) is 16.8. The molecule has 0 aliphatic heterocycles. The molecular formula is C88H93BrClFN16O5. The number of nitrogen functional groups attached to an aromatic ring is 4. The Hall–Kier alpha value is -12.3. The van der Waals surface area contributed by atoms with Gasteiger partial charge in [0.1, 0.15) is 11.6 Å². The Balaban J connectivity index is 0.000000171. The molecule has 0 aliphatic carbocycles. The SMILES string of the molecule is CC(C)Cc1nc(-c2ccc(N)cc2)cnc1NC(=O)Cc1ccc(Br)cc1.CC(C)Cc1nc(-c2ccc(N)cc2)cnc1NC(=O)Cc1ccc(Cl)cc1.CC(C)Cc1nc(-c2ccc(N)cc2)cnc1NC(=O)Cc1ccc(F)cc1.CC(C)Cc1nc(-c2ccc(N)cc2)cnc1NC(=O)Cc1ccc(O)cc1. The Morgan fingerprint density at radius 3 is 0.821 bits per heavy atom. The number of hydrogen-bond acceptors (Lipinski definition) is 17. The van der Waals surface area contributed by atoms with E-state index in [-0.39, 0.29) is 60.9 Å². The number of carbonyl (C=O) groups is 4. The van der Waals surface area contributed by atoms with Crippen LogP contribution < -0.4 is 44.2 Å². The highest BCUT2D eigenvalue weighted by molar-refractivity contribution is 9.10. The van der Waals surface area contributed by atoms with Crippen molar-refractivity contribution in [3.05, 3.63) is 279 Å². The molecule has 0 saturated carbocycles. The van der Waals surface area contributed by atoms with Gasteiger partial charge in [-0.05, 0) is 169 Å². The van der Waals surface area contributed by atoms with Crippen LogP contribution in [-0.2, 0) is 70.5 Å². The number of carbonyl (C=O) groups excluding carboxylic acids is 4. The Morgan fingerprint density at radius 2 is 0.580 bits per heavy atom. The van der Waals surface area contributed by atoms with Gasteiger partial charge in [0.2, 0.25) is 23.6 Å². The number of aromatic hydroxyl groups is 1. The summed E-state index contributed by atoms with van der Waals surface area (Å²) in [5, 5.41) is 21.5. The van der Waals surface area contributed by atoms with Crippen LogP contribution in [0.3, 0.4) is 0 Å². The van der Waals surface area contributed by atoms with Crippen LogP contribution in [0.25, 0.3) is 45.0 Å². The van der Waals surface area contributed by atoms with E-state index in [1.807, 2.05) is 133 Å². The van der Waals surface area contributed by atoms with Gasteiger partial charge in [0, 0.05) is 54.5 Å². The van der Waals surface area contributed by atoms with Crippen molar-refractivity contribution in [3.63, 3.8) is 0 Å². The maximum Gasteiger partial charge on any atom is 0.229 e.